The van der Waals surface area contributed by atoms with Crippen LogP contribution >= 0.6 is 0 Å². The van der Waals surface area contributed by atoms with Gasteiger partial charge >= 0.3 is 0 Å². The zero-order valence-corrected chi connectivity index (χ0v) is 15.6. The third-order valence-electron chi connectivity index (χ3n) is 4.92. The summed E-state index contributed by atoms with van der Waals surface area (Å²) in [5.74, 6) is 0.533. The first kappa shape index (κ1) is 17.3. The average Bonchev–Trinajstić information content (AvgIpc) is 2.61. The van der Waals surface area contributed by atoms with E-state index in [9.17, 15) is 9.59 Å². The van der Waals surface area contributed by atoms with E-state index >= 15 is 0 Å². The van der Waals surface area contributed by atoms with Crippen molar-refractivity contribution in [3.8, 4) is 5.75 Å². The molecule has 1 aliphatic heterocycles. The summed E-state index contributed by atoms with van der Waals surface area (Å²) in [7, 11) is 0. The van der Waals surface area contributed by atoms with Crippen molar-refractivity contribution in [2.45, 2.75) is 38.8 Å². The second kappa shape index (κ2) is 6.27. The van der Waals surface area contributed by atoms with Gasteiger partial charge in [-0.15, -0.1) is 0 Å². The lowest BCUT2D eigenvalue weighted by atomic mass is 9.88. The summed E-state index contributed by atoms with van der Waals surface area (Å²) in [5, 5.41) is 3.85. The molecule has 1 amide bonds. The maximum absolute atomic E-state index is 13.1. The molecule has 0 unspecified atom stereocenters. The van der Waals surface area contributed by atoms with Crippen molar-refractivity contribution in [2.75, 3.05) is 0 Å². The largest absolute Gasteiger partial charge is 0.487 e. The van der Waals surface area contributed by atoms with Crippen LogP contribution in [0.15, 0.2) is 53.3 Å². The summed E-state index contributed by atoms with van der Waals surface area (Å²) in [4.78, 5) is 27.8. The van der Waals surface area contributed by atoms with Crippen molar-refractivity contribution in [3.63, 3.8) is 0 Å². The third kappa shape index (κ3) is 3.33. The molecular weight excluding hydrogens is 340 g/mol. The van der Waals surface area contributed by atoms with Gasteiger partial charge in [-0.2, -0.15) is 0 Å². The Hall–Kier alpha value is -3.08. The lowest BCUT2D eigenvalue weighted by Crippen LogP contribution is -2.41. The molecule has 0 bridgehead atoms. The minimum atomic E-state index is -0.392. The number of benzene rings is 2. The van der Waals surface area contributed by atoms with E-state index in [0.717, 1.165) is 22.3 Å². The van der Waals surface area contributed by atoms with Crippen LogP contribution in [0, 0.1) is 6.92 Å². The number of hydrogen-bond acceptors (Lipinski definition) is 3. The van der Waals surface area contributed by atoms with Crippen LogP contribution in [0.25, 0.3) is 10.9 Å². The number of para-hydroxylation sites is 1. The number of rotatable bonds is 2. The van der Waals surface area contributed by atoms with Gasteiger partial charge in [0.2, 0.25) is 5.56 Å². The number of aromatic nitrogens is 1. The van der Waals surface area contributed by atoms with Gasteiger partial charge in [0.25, 0.3) is 5.91 Å². The van der Waals surface area contributed by atoms with Crippen molar-refractivity contribution in [1.82, 2.24) is 10.3 Å². The number of pyridine rings is 1. The quantitative estimate of drug-likeness (QED) is 0.727. The highest BCUT2D eigenvalue weighted by Crippen LogP contribution is 2.40. The molecule has 0 radical (unpaired) electrons. The molecule has 2 aromatic carbocycles. The molecule has 0 spiro atoms. The smallest absolute Gasteiger partial charge is 0.252 e. The zero-order valence-electron chi connectivity index (χ0n) is 15.6. The summed E-state index contributed by atoms with van der Waals surface area (Å²) < 4.78 is 6.07. The monoisotopic (exact) mass is 362 g/mol. The fraction of sp³-hybridized carbons (Fsp3) is 0.273. The molecule has 4 rings (SSSR count). The first-order valence-electron chi connectivity index (χ1n) is 9.05. The Kier molecular flexibility index (Phi) is 4.02. The van der Waals surface area contributed by atoms with Crippen LogP contribution in [0.1, 0.15) is 47.8 Å². The van der Waals surface area contributed by atoms with Crippen molar-refractivity contribution in [2.24, 2.45) is 0 Å². The van der Waals surface area contributed by atoms with E-state index in [-0.39, 0.29) is 17.5 Å². The van der Waals surface area contributed by atoms with E-state index in [1.165, 1.54) is 6.07 Å². The van der Waals surface area contributed by atoms with Gasteiger partial charge in [0, 0.05) is 29.0 Å². The van der Waals surface area contributed by atoms with Gasteiger partial charge in [0.05, 0.1) is 11.6 Å². The summed E-state index contributed by atoms with van der Waals surface area (Å²) in [5.41, 5.74) is 2.43. The first-order chi connectivity index (χ1) is 12.8. The molecule has 3 aromatic rings. The number of aromatic amines is 1. The van der Waals surface area contributed by atoms with Crippen LogP contribution in [0.3, 0.4) is 0 Å². The number of H-pyrrole nitrogens is 1. The highest BCUT2D eigenvalue weighted by atomic mass is 16.5. The van der Waals surface area contributed by atoms with E-state index in [0.29, 0.717) is 17.5 Å². The molecule has 0 saturated carbocycles. The SMILES string of the molecule is Cc1ccc2c(c1)[C@@H](NC(=O)c1cc(=O)[nH]c3ccccc13)CC(C)(C)O2. The van der Waals surface area contributed by atoms with E-state index in [1.807, 2.05) is 57.2 Å². The number of fused-ring (bicyclic) bond motifs is 2. The number of ether oxygens (including phenoxy) is 1. The van der Waals surface area contributed by atoms with Gasteiger partial charge in [0.1, 0.15) is 11.4 Å². The minimum Gasteiger partial charge on any atom is -0.487 e. The van der Waals surface area contributed by atoms with Crippen LogP contribution in [0.2, 0.25) is 0 Å². The topological polar surface area (TPSA) is 71.2 Å². The molecule has 0 saturated heterocycles. The normalized spacial score (nSPS) is 17.8. The van der Waals surface area contributed by atoms with Gasteiger partial charge in [-0.05, 0) is 32.9 Å². The Morgan fingerprint density at radius 1 is 1.19 bits per heavy atom. The predicted molar refractivity (Wildman–Crippen MR) is 105 cm³/mol. The molecule has 5 nitrogen and oxygen atoms in total. The minimum absolute atomic E-state index is 0.186. The fourth-order valence-electron chi connectivity index (χ4n) is 3.73. The maximum Gasteiger partial charge on any atom is 0.252 e. The summed E-state index contributed by atoms with van der Waals surface area (Å²) in [6.07, 6.45) is 0.649. The van der Waals surface area contributed by atoms with E-state index < -0.39 is 5.60 Å². The van der Waals surface area contributed by atoms with Gasteiger partial charge in [-0.3, -0.25) is 9.59 Å². The first-order valence-corrected chi connectivity index (χ1v) is 9.05. The number of nitrogens with one attached hydrogen (secondary N) is 2. The third-order valence-corrected chi connectivity index (χ3v) is 4.92. The Balaban J connectivity index is 1.74. The Labute approximate surface area is 157 Å². The summed E-state index contributed by atoms with van der Waals surface area (Å²) in [6.45, 7) is 6.04. The lowest BCUT2D eigenvalue weighted by Gasteiger charge is -2.38. The molecule has 5 heteroatoms. The molecule has 2 N–H and O–H groups in total. The van der Waals surface area contributed by atoms with E-state index in [1.54, 1.807) is 6.07 Å². The Morgan fingerprint density at radius 2 is 1.96 bits per heavy atom. The molecule has 27 heavy (non-hydrogen) atoms. The molecule has 1 aliphatic rings. The van der Waals surface area contributed by atoms with E-state index in [4.69, 9.17) is 4.74 Å². The van der Waals surface area contributed by atoms with Crippen molar-refractivity contribution in [1.29, 1.82) is 0 Å². The van der Waals surface area contributed by atoms with Gasteiger partial charge < -0.3 is 15.0 Å². The van der Waals surface area contributed by atoms with Crippen LogP contribution < -0.4 is 15.6 Å². The van der Waals surface area contributed by atoms with Gasteiger partial charge in [0.15, 0.2) is 0 Å². The average molecular weight is 362 g/mol. The maximum atomic E-state index is 13.1. The molecular formula is C22H22N2O3. The summed E-state index contributed by atoms with van der Waals surface area (Å²) in [6, 6.07) is 14.5. The fourth-order valence-corrected chi connectivity index (χ4v) is 3.73. The van der Waals surface area contributed by atoms with Crippen molar-refractivity contribution in [3.05, 3.63) is 75.6 Å². The number of aryl methyl sites for hydroxylation is 1. The van der Waals surface area contributed by atoms with Crippen LogP contribution in [-0.2, 0) is 0 Å². The Bertz CT molecular complexity index is 1100. The van der Waals surface area contributed by atoms with Crippen LogP contribution in [-0.4, -0.2) is 16.5 Å². The van der Waals surface area contributed by atoms with Gasteiger partial charge in [-0.1, -0.05) is 35.9 Å². The molecule has 1 aromatic heterocycles. The molecule has 138 valence electrons. The van der Waals surface area contributed by atoms with Crippen LogP contribution in [0.5, 0.6) is 5.75 Å². The number of hydrogen-bond donors (Lipinski definition) is 2. The molecule has 1 atom stereocenters. The highest BCUT2D eigenvalue weighted by molar-refractivity contribution is 6.06. The zero-order chi connectivity index (χ0) is 19.2. The second-order valence-electron chi connectivity index (χ2n) is 7.73. The molecule has 0 fully saturated rings. The van der Waals surface area contributed by atoms with Crippen molar-refractivity contribution < 1.29 is 9.53 Å². The Morgan fingerprint density at radius 3 is 2.78 bits per heavy atom. The number of carbonyl (C=O) groups is 1. The summed E-state index contributed by atoms with van der Waals surface area (Å²) >= 11 is 0. The standard InChI is InChI=1S/C22H22N2O3/c1-13-8-9-19-16(10-13)18(12-22(2,3)27-19)24-21(26)15-11-20(25)23-17-7-5-4-6-14(15)17/h4-11,18H,12H2,1-3H3,(H,23,25)(H,24,26)/t18-/m0/s1. The van der Waals surface area contributed by atoms with Crippen molar-refractivity contribution >= 4 is 16.8 Å². The van der Waals surface area contributed by atoms with E-state index in [2.05, 4.69) is 10.3 Å². The number of amides is 1. The highest BCUT2D eigenvalue weighted by Gasteiger charge is 2.34. The van der Waals surface area contributed by atoms with Crippen LogP contribution in [0.4, 0.5) is 0 Å². The van der Waals surface area contributed by atoms with Gasteiger partial charge in [-0.25, -0.2) is 0 Å². The second-order valence-corrected chi connectivity index (χ2v) is 7.73. The molecule has 0 aliphatic carbocycles. The predicted octanol–water partition coefficient (Wildman–Crippen LogP) is 3.87. The molecule has 2 heterocycles. The lowest BCUT2D eigenvalue weighted by molar-refractivity contribution is 0.0619. The number of carbonyl (C=O) groups excluding carboxylic acids is 1.